The molecule has 2 heteroatoms. The monoisotopic (exact) mass is 221 g/mol. The molecule has 1 heterocycles. The van der Waals surface area contributed by atoms with E-state index < -0.39 is 0 Å². The van der Waals surface area contributed by atoms with Gasteiger partial charge in [0, 0.05) is 23.7 Å². The molecule has 1 aliphatic heterocycles. The molecule has 0 amide bonds. The zero-order chi connectivity index (χ0) is 11.8. The summed E-state index contributed by atoms with van der Waals surface area (Å²) < 4.78 is 0. The summed E-state index contributed by atoms with van der Waals surface area (Å²) in [4.78, 5) is 2.40. The van der Waals surface area contributed by atoms with Crippen LogP contribution < -0.4 is 0 Å². The second-order valence-electron chi connectivity index (χ2n) is 5.73. The minimum Gasteiger partial charge on any atom is -0.395 e. The number of aliphatic hydroxyl groups is 1. The highest BCUT2D eigenvalue weighted by molar-refractivity contribution is 5.25. The Bertz CT molecular complexity index is 317. The highest BCUT2D eigenvalue weighted by atomic mass is 16.3. The average molecular weight is 221 g/mol. The van der Waals surface area contributed by atoms with Crippen LogP contribution in [0.2, 0.25) is 0 Å². The molecule has 1 saturated heterocycles. The molecule has 0 aromatic carbocycles. The third kappa shape index (κ3) is 1.91. The molecule has 0 saturated carbocycles. The van der Waals surface area contributed by atoms with Crippen LogP contribution in [-0.2, 0) is 0 Å². The maximum atomic E-state index is 9.22. The minimum absolute atomic E-state index is 0.176. The first-order valence-electron chi connectivity index (χ1n) is 6.31. The van der Waals surface area contributed by atoms with Gasteiger partial charge in [0.25, 0.3) is 0 Å². The molecule has 2 unspecified atom stereocenters. The second-order valence-corrected chi connectivity index (χ2v) is 5.73. The predicted octanol–water partition coefficient (Wildman–Crippen LogP) is 2.56. The second kappa shape index (κ2) is 4.25. The molecule has 2 atom stereocenters. The van der Waals surface area contributed by atoms with Crippen LogP contribution in [0, 0.1) is 11.8 Å². The Morgan fingerprint density at radius 2 is 2.25 bits per heavy atom. The van der Waals surface area contributed by atoms with Gasteiger partial charge in [0.2, 0.25) is 0 Å². The third-order valence-electron chi connectivity index (χ3n) is 4.05. The lowest BCUT2D eigenvalue weighted by Crippen LogP contribution is -2.52. The van der Waals surface area contributed by atoms with Crippen molar-refractivity contribution in [3.63, 3.8) is 0 Å². The Morgan fingerprint density at radius 3 is 2.94 bits per heavy atom. The first kappa shape index (κ1) is 11.7. The van der Waals surface area contributed by atoms with Crippen LogP contribution in [0.25, 0.3) is 0 Å². The van der Waals surface area contributed by atoms with Gasteiger partial charge in [-0.05, 0) is 38.7 Å². The Morgan fingerprint density at radius 1 is 1.50 bits per heavy atom. The van der Waals surface area contributed by atoms with E-state index in [9.17, 15) is 5.11 Å². The van der Waals surface area contributed by atoms with E-state index in [0.717, 1.165) is 18.9 Å². The van der Waals surface area contributed by atoms with Gasteiger partial charge in [-0.15, -0.1) is 0 Å². The van der Waals surface area contributed by atoms with Gasteiger partial charge in [-0.2, -0.15) is 0 Å². The molecule has 90 valence electrons. The minimum atomic E-state index is 0.176. The van der Waals surface area contributed by atoms with Crippen molar-refractivity contribution in [3.05, 3.63) is 23.9 Å². The topological polar surface area (TPSA) is 23.5 Å². The molecule has 2 nitrogen and oxygen atoms in total. The molecule has 1 fully saturated rings. The summed E-state index contributed by atoms with van der Waals surface area (Å²) in [5.41, 5.74) is 1.61. The number of aliphatic hydroxyl groups excluding tert-OH is 1. The molecule has 2 aliphatic rings. The van der Waals surface area contributed by atoms with Gasteiger partial charge in [0.15, 0.2) is 0 Å². The van der Waals surface area contributed by atoms with Crippen molar-refractivity contribution in [2.75, 3.05) is 13.2 Å². The lowest BCUT2D eigenvalue weighted by atomic mass is 9.72. The molecule has 1 N–H and O–H groups in total. The molecule has 1 aliphatic carbocycles. The van der Waals surface area contributed by atoms with Crippen LogP contribution in [0.3, 0.4) is 0 Å². The van der Waals surface area contributed by atoms with E-state index >= 15 is 0 Å². The maximum absolute atomic E-state index is 9.22. The number of nitrogens with zero attached hydrogens (tertiary/aromatic N) is 1. The van der Waals surface area contributed by atoms with Crippen molar-refractivity contribution in [3.8, 4) is 0 Å². The number of β-amino-alcohol motifs (C(OH)–C–C–N with tert-alkyl or cyclic N) is 1. The Hall–Kier alpha value is -0.760. The number of likely N-dealkylation sites (tertiary alicyclic amines) is 1. The molecule has 0 aromatic heterocycles. The smallest absolute Gasteiger partial charge is 0.0606 e. The quantitative estimate of drug-likeness (QED) is 0.774. The number of hydrogen-bond donors (Lipinski definition) is 1. The lowest BCUT2D eigenvalue weighted by Gasteiger charge is -2.52. The number of rotatable bonds is 2. The van der Waals surface area contributed by atoms with Crippen molar-refractivity contribution < 1.29 is 5.11 Å². The van der Waals surface area contributed by atoms with Crippen LogP contribution in [0.4, 0.5) is 0 Å². The number of hydrogen-bond acceptors (Lipinski definition) is 2. The third-order valence-corrected chi connectivity index (χ3v) is 4.05. The summed E-state index contributed by atoms with van der Waals surface area (Å²) in [5.74, 6) is 1.39. The van der Waals surface area contributed by atoms with Gasteiger partial charge >= 0.3 is 0 Å². The van der Waals surface area contributed by atoms with Crippen molar-refractivity contribution in [2.24, 2.45) is 11.8 Å². The zero-order valence-corrected chi connectivity index (χ0v) is 10.6. The molecular weight excluding hydrogens is 198 g/mol. The fraction of sp³-hybridized carbons (Fsp3) is 0.714. The summed E-state index contributed by atoms with van der Waals surface area (Å²) >= 11 is 0. The number of piperidine rings is 1. The molecule has 0 bridgehead atoms. The SMILES string of the molecule is CC1CC(C)(C)N(CCO)C2=CC=CCC21. The first-order chi connectivity index (χ1) is 7.56. The Kier molecular flexibility index (Phi) is 3.11. The van der Waals surface area contributed by atoms with Crippen LogP contribution in [0.15, 0.2) is 23.9 Å². The molecule has 16 heavy (non-hydrogen) atoms. The van der Waals surface area contributed by atoms with Gasteiger partial charge in [0.05, 0.1) is 6.61 Å². The van der Waals surface area contributed by atoms with Crippen molar-refractivity contribution in [2.45, 2.75) is 39.2 Å². The summed E-state index contributed by atoms with van der Waals surface area (Å²) in [5, 5.41) is 9.22. The number of allylic oxidation sites excluding steroid dienone is 4. The van der Waals surface area contributed by atoms with Crippen LogP contribution in [0.5, 0.6) is 0 Å². The fourth-order valence-corrected chi connectivity index (χ4v) is 3.37. The summed E-state index contributed by atoms with van der Waals surface area (Å²) in [7, 11) is 0. The van der Waals surface area contributed by atoms with Crippen molar-refractivity contribution >= 4 is 0 Å². The molecule has 0 spiro atoms. The van der Waals surface area contributed by atoms with E-state index in [-0.39, 0.29) is 12.1 Å². The normalized spacial score (nSPS) is 32.2. The van der Waals surface area contributed by atoms with E-state index in [0.29, 0.717) is 5.92 Å². The fourth-order valence-electron chi connectivity index (χ4n) is 3.37. The zero-order valence-electron chi connectivity index (χ0n) is 10.6. The highest BCUT2D eigenvalue weighted by Crippen LogP contribution is 2.43. The van der Waals surface area contributed by atoms with E-state index in [2.05, 4.69) is 43.9 Å². The molecule has 0 aromatic rings. The van der Waals surface area contributed by atoms with Gasteiger partial charge in [-0.1, -0.05) is 19.1 Å². The first-order valence-corrected chi connectivity index (χ1v) is 6.31. The Balaban J connectivity index is 2.31. The van der Waals surface area contributed by atoms with Gasteiger partial charge in [0.1, 0.15) is 0 Å². The van der Waals surface area contributed by atoms with Crippen molar-refractivity contribution in [1.82, 2.24) is 4.90 Å². The average Bonchev–Trinajstić information content (AvgIpc) is 2.23. The molecule has 2 rings (SSSR count). The Labute approximate surface area is 98.6 Å². The largest absolute Gasteiger partial charge is 0.395 e. The number of fused-ring (bicyclic) bond motifs is 1. The van der Waals surface area contributed by atoms with Crippen LogP contribution in [-0.4, -0.2) is 28.7 Å². The highest BCUT2D eigenvalue weighted by Gasteiger charge is 2.40. The van der Waals surface area contributed by atoms with Crippen molar-refractivity contribution in [1.29, 1.82) is 0 Å². The molecule has 0 radical (unpaired) electrons. The maximum Gasteiger partial charge on any atom is 0.0606 e. The summed E-state index contributed by atoms with van der Waals surface area (Å²) in [6.45, 7) is 7.93. The van der Waals surface area contributed by atoms with E-state index in [1.807, 2.05) is 0 Å². The standard InChI is InChI=1S/C14H23NO/c1-11-10-14(2,3)15(8-9-16)13-7-5-4-6-12(11)13/h4-5,7,11-12,16H,6,8-10H2,1-3H3. The van der Waals surface area contributed by atoms with Crippen LogP contribution >= 0.6 is 0 Å². The van der Waals surface area contributed by atoms with Gasteiger partial charge in [-0.3, -0.25) is 0 Å². The lowest BCUT2D eigenvalue weighted by molar-refractivity contribution is 0.0456. The van der Waals surface area contributed by atoms with Gasteiger partial charge in [-0.25, -0.2) is 0 Å². The predicted molar refractivity (Wildman–Crippen MR) is 67.0 cm³/mol. The van der Waals surface area contributed by atoms with Gasteiger partial charge < -0.3 is 10.0 Å². The summed E-state index contributed by atoms with van der Waals surface area (Å²) in [6, 6.07) is 0. The van der Waals surface area contributed by atoms with Crippen LogP contribution in [0.1, 0.15) is 33.6 Å². The summed E-state index contributed by atoms with van der Waals surface area (Å²) in [6.07, 6.45) is 9.03. The molecular formula is C14H23NO. The van der Waals surface area contributed by atoms with E-state index in [1.54, 1.807) is 0 Å². The van der Waals surface area contributed by atoms with E-state index in [1.165, 1.54) is 12.1 Å². The van der Waals surface area contributed by atoms with E-state index in [4.69, 9.17) is 0 Å².